The van der Waals surface area contributed by atoms with Crippen molar-refractivity contribution in [2.24, 2.45) is 0 Å². The summed E-state index contributed by atoms with van der Waals surface area (Å²) in [5, 5.41) is 2.08. The average Bonchev–Trinajstić information content (AvgIpc) is 2.94. The van der Waals surface area contributed by atoms with Crippen LogP contribution < -0.4 is 0 Å². The molecule has 0 aliphatic carbocycles. The van der Waals surface area contributed by atoms with Crippen LogP contribution in [-0.4, -0.2) is 4.98 Å². The highest BCUT2D eigenvalue weighted by Crippen LogP contribution is 2.25. The van der Waals surface area contributed by atoms with Crippen LogP contribution in [0.25, 0.3) is 21.7 Å². The van der Waals surface area contributed by atoms with Crippen molar-refractivity contribution in [3.8, 4) is 21.7 Å². The van der Waals surface area contributed by atoms with Gasteiger partial charge in [0.15, 0.2) is 0 Å². The van der Waals surface area contributed by atoms with E-state index < -0.39 is 0 Å². The van der Waals surface area contributed by atoms with Crippen LogP contribution in [-0.2, 0) is 0 Å². The maximum Gasteiger partial charge on any atom is 0.0702 e. The summed E-state index contributed by atoms with van der Waals surface area (Å²) in [7, 11) is 0. The van der Waals surface area contributed by atoms with E-state index in [0.29, 0.717) is 0 Å². The van der Waals surface area contributed by atoms with E-state index in [1.165, 1.54) is 10.4 Å². The fourth-order valence-electron chi connectivity index (χ4n) is 1.76. The van der Waals surface area contributed by atoms with Gasteiger partial charge >= 0.3 is 0 Å². The van der Waals surface area contributed by atoms with Crippen molar-refractivity contribution >= 4 is 11.3 Å². The lowest BCUT2D eigenvalue weighted by molar-refractivity contribution is 1.33. The van der Waals surface area contributed by atoms with Crippen molar-refractivity contribution in [1.82, 2.24) is 4.98 Å². The number of thiophene rings is 1. The van der Waals surface area contributed by atoms with Crippen LogP contribution in [0.5, 0.6) is 0 Å². The first-order valence-electron chi connectivity index (χ1n) is 5.49. The first-order chi connectivity index (χ1) is 8.43. The molecule has 0 atom stereocenters. The zero-order valence-corrected chi connectivity index (χ0v) is 10.0. The molecule has 0 unspecified atom stereocenters. The fourth-order valence-corrected chi connectivity index (χ4v) is 2.48. The van der Waals surface area contributed by atoms with Crippen LogP contribution in [0.15, 0.2) is 66.2 Å². The van der Waals surface area contributed by atoms with Gasteiger partial charge in [-0.1, -0.05) is 36.4 Å². The minimum absolute atomic E-state index is 1.02. The number of hydrogen-bond acceptors (Lipinski definition) is 2. The second-order valence-corrected chi connectivity index (χ2v) is 4.72. The Kier molecular flexibility index (Phi) is 2.72. The van der Waals surface area contributed by atoms with E-state index in [1.807, 2.05) is 24.4 Å². The van der Waals surface area contributed by atoms with Gasteiger partial charge in [-0.05, 0) is 23.6 Å². The molecule has 82 valence electrons. The summed E-state index contributed by atoms with van der Waals surface area (Å²) in [6.45, 7) is 0. The molecule has 0 amide bonds. The fraction of sp³-hybridized carbons (Fsp3) is 0. The van der Waals surface area contributed by atoms with Crippen LogP contribution >= 0.6 is 11.3 Å². The van der Waals surface area contributed by atoms with E-state index in [2.05, 4.69) is 46.8 Å². The molecule has 3 rings (SSSR count). The summed E-state index contributed by atoms with van der Waals surface area (Å²) < 4.78 is 0. The molecule has 1 aromatic carbocycles. The van der Waals surface area contributed by atoms with Gasteiger partial charge in [0.25, 0.3) is 0 Å². The molecule has 17 heavy (non-hydrogen) atoms. The SMILES string of the molecule is c1ccc(-c2ccc(-c3cccs3)cn2)cc1. The molecule has 0 saturated heterocycles. The molecule has 0 aliphatic heterocycles. The molecule has 0 saturated carbocycles. The van der Waals surface area contributed by atoms with Gasteiger partial charge in [-0.2, -0.15) is 0 Å². The predicted octanol–water partition coefficient (Wildman–Crippen LogP) is 4.48. The van der Waals surface area contributed by atoms with Crippen molar-refractivity contribution in [2.75, 3.05) is 0 Å². The lowest BCUT2D eigenvalue weighted by Crippen LogP contribution is -1.83. The van der Waals surface area contributed by atoms with Crippen molar-refractivity contribution in [3.63, 3.8) is 0 Å². The molecule has 2 heterocycles. The summed E-state index contributed by atoms with van der Waals surface area (Å²) in [5.74, 6) is 0. The first kappa shape index (κ1) is 10.2. The molecule has 0 aliphatic rings. The number of rotatable bonds is 2. The molecule has 3 aromatic rings. The Bertz CT molecular complexity index is 583. The van der Waals surface area contributed by atoms with Crippen molar-refractivity contribution in [3.05, 3.63) is 66.2 Å². The van der Waals surface area contributed by atoms with Crippen LogP contribution in [0, 0.1) is 0 Å². The second-order valence-electron chi connectivity index (χ2n) is 3.78. The van der Waals surface area contributed by atoms with Crippen molar-refractivity contribution in [2.45, 2.75) is 0 Å². The van der Waals surface area contributed by atoms with Crippen LogP contribution in [0.2, 0.25) is 0 Å². The minimum atomic E-state index is 1.02. The lowest BCUT2D eigenvalue weighted by atomic mass is 10.1. The standard InChI is InChI=1S/C15H11NS/c1-2-5-12(6-3-1)14-9-8-13(11-16-14)15-7-4-10-17-15/h1-11H. The largest absolute Gasteiger partial charge is 0.256 e. The Labute approximate surface area is 104 Å². The average molecular weight is 237 g/mol. The van der Waals surface area contributed by atoms with Gasteiger partial charge < -0.3 is 0 Å². The normalized spacial score (nSPS) is 10.4. The highest BCUT2D eigenvalue weighted by atomic mass is 32.1. The Hall–Kier alpha value is -1.93. The highest BCUT2D eigenvalue weighted by molar-refractivity contribution is 7.13. The number of aromatic nitrogens is 1. The van der Waals surface area contributed by atoms with E-state index in [0.717, 1.165) is 11.3 Å². The first-order valence-corrected chi connectivity index (χ1v) is 6.37. The van der Waals surface area contributed by atoms with Crippen LogP contribution in [0.3, 0.4) is 0 Å². The number of hydrogen-bond donors (Lipinski definition) is 0. The molecule has 0 bridgehead atoms. The van der Waals surface area contributed by atoms with Gasteiger partial charge in [0, 0.05) is 22.2 Å². The molecular formula is C15H11NS. The van der Waals surface area contributed by atoms with Crippen LogP contribution in [0.4, 0.5) is 0 Å². The molecule has 0 radical (unpaired) electrons. The van der Waals surface area contributed by atoms with Gasteiger partial charge in [-0.3, -0.25) is 4.98 Å². The number of benzene rings is 1. The number of pyridine rings is 1. The van der Waals surface area contributed by atoms with Gasteiger partial charge in [-0.25, -0.2) is 0 Å². The van der Waals surface area contributed by atoms with Crippen molar-refractivity contribution in [1.29, 1.82) is 0 Å². The number of nitrogens with zero attached hydrogens (tertiary/aromatic N) is 1. The Morgan fingerprint density at radius 2 is 1.65 bits per heavy atom. The maximum absolute atomic E-state index is 4.51. The van der Waals surface area contributed by atoms with Gasteiger partial charge in [0.1, 0.15) is 0 Å². The van der Waals surface area contributed by atoms with Crippen LogP contribution in [0.1, 0.15) is 0 Å². The third kappa shape index (κ3) is 2.12. The molecule has 0 fully saturated rings. The Balaban J connectivity index is 1.96. The van der Waals surface area contributed by atoms with E-state index in [1.54, 1.807) is 11.3 Å². The molecular weight excluding hydrogens is 226 g/mol. The highest BCUT2D eigenvalue weighted by Gasteiger charge is 2.01. The summed E-state index contributed by atoms with van der Waals surface area (Å²) in [5.41, 5.74) is 3.36. The van der Waals surface area contributed by atoms with E-state index in [-0.39, 0.29) is 0 Å². The molecule has 2 heteroatoms. The maximum atomic E-state index is 4.51. The van der Waals surface area contributed by atoms with Gasteiger partial charge in [-0.15, -0.1) is 11.3 Å². The van der Waals surface area contributed by atoms with E-state index >= 15 is 0 Å². The Morgan fingerprint density at radius 3 is 2.29 bits per heavy atom. The van der Waals surface area contributed by atoms with Crippen molar-refractivity contribution < 1.29 is 0 Å². The Morgan fingerprint density at radius 1 is 0.765 bits per heavy atom. The zero-order chi connectivity index (χ0) is 11.5. The third-order valence-corrected chi connectivity index (χ3v) is 3.56. The zero-order valence-electron chi connectivity index (χ0n) is 9.21. The third-order valence-electron chi connectivity index (χ3n) is 2.64. The summed E-state index contributed by atoms with van der Waals surface area (Å²) in [6.07, 6.45) is 1.94. The lowest BCUT2D eigenvalue weighted by Gasteiger charge is -2.01. The summed E-state index contributed by atoms with van der Waals surface area (Å²) >= 11 is 1.74. The minimum Gasteiger partial charge on any atom is -0.256 e. The topological polar surface area (TPSA) is 12.9 Å². The molecule has 1 nitrogen and oxygen atoms in total. The second kappa shape index (κ2) is 4.52. The summed E-state index contributed by atoms with van der Waals surface area (Å²) in [4.78, 5) is 5.77. The van der Waals surface area contributed by atoms with Gasteiger partial charge in [0.05, 0.1) is 5.69 Å². The van der Waals surface area contributed by atoms with E-state index in [9.17, 15) is 0 Å². The smallest absolute Gasteiger partial charge is 0.0702 e. The monoisotopic (exact) mass is 237 g/mol. The van der Waals surface area contributed by atoms with Gasteiger partial charge in [0.2, 0.25) is 0 Å². The summed E-state index contributed by atoms with van der Waals surface area (Å²) in [6, 6.07) is 18.6. The molecule has 0 N–H and O–H groups in total. The molecule has 0 spiro atoms. The van der Waals surface area contributed by atoms with E-state index in [4.69, 9.17) is 0 Å². The quantitative estimate of drug-likeness (QED) is 0.640. The predicted molar refractivity (Wildman–Crippen MR) is 73.0 cm³/mol. The molecule has 2 aromatic heterocycles.